The molecule has 0 aliphatic carbocycles. The Bertz CT molecular complexity index is 1230. The zero-order valence-electron chi connectivity index (χ0n) is 21.0. The monoisotopic (exact) mass is 518 g/mol. The first-order valence-corrected chi connectivity index (χ1v) is 11.1. The van der Waals surface area contributed by atoms with Gasteiger partial charge in [-0.25, -0.2) is 28.3 Å². The summed E-state index contributed by atoms with van der Waals surface area (Å²) in [4.78, 5) is 53.5. The highest BCUT2D eigenvalue weighted by Gasteiger charge is 2.16. The average molecular weight is 519 g/mol. The molecule has 2 heterocycles. The van der Waals surface area contributed by atoms with E-state index >= 15 is 0 Å². The number of aryl methyl sites for hydroxylation is 2. The fourth-order valence-electron chi connectivity index (χ4n) is 2.67. The maximum Gasteiger partial charge on any atom is 0.354 e. The summed E-state index contributed by atoms with van der Waals surface area (Å²) < 4.78 is 31.0. The standard InChI is InChI=1S/C13H15FN2O3.C12H13FN2O3/c1-4-9-6-8(14)7-11(15-9)12(17)16-10(5-2)13(18)19-3;1-3-8-5-7(13)6-10(14-8)11(16)15-9(4-2)12(17)18/h5-7H,4H2,1-3H3,(H,16,17);4-6H,3H2,1-2H3,(H,15,16)(H,17,18)/b10-5+;9-4+. The van der Waals surface area contributed by atoms with Crippen LogP contribution in [0.15, 0.2) is 47.8 Å². The van der Waals surface area contributed by atoms with Crippen molar-refractivity contribution < 1.29 is 37.8 Å². The van der Waals surface area contributed by atoms with Crippen LogP contribution in [-0.4, -0.2) is 45.9 Å². The number of carboxylic acids is 1. The molecule has 2 rings (SSSR count). The number of nitrogens with zero attached hydrogens (tertiary/aromatic N) is 2. The summed E-state index contributed by atoms with van der Waals surface area (Å²) in [5.41, 5.74) is 0.371. The molecule has 0 aliphatic rings. The number of pyridine rings is 2. The lowest BCUT2D eigenvalue weighted by Crippen LogP contribution is -2.29. The first kappa shape index (κ1) is 30.6. The van der Waals surface area contributed by atoms with Crippen molar-refractivity contribution in [3.63, 3.8) is 0 Å². The van der Waals surface area contributed by atoms with Crippen molar-refractivity contribution in [1.29, 1.82) is 0 Å². The lowest BCUT2D eigenvalue weighted by molar-refractivity contribution is -0.136. The number of halogens is 2. The molecule has 0 unspecified atom stereocenters. The molecule has 12 heteroatoms. The minimum Gasteiger partial charge on any atom is -0.477 e. The Morgan fingerprint density at radius 2 is 1.24 bits per heavy atom. The molecule has 0 aromatic carbocycles. The number of esters is 1. The predicted octanol–water partition coefficient (Wildman–Crippen LogP) is 3.09. The number of methoxy groups -OCH3 is 1. The summed E-state index contributed by atoms with van der Waals surface area (Å²) in [6.45, 7) is 6.62. The fourth-order valence-corrected chi connectivity index (χ4v) is 2.67. The number of hydrogen-bond donors (Lipinski definition) is 3. The zero-order chi connectivity index (χ0) is 28.1. The molecule has 0 aliphatic heterocycles. The number of rotatable bonds is 8. The number of carbonyl (C=O) groups is 4. The molecule has 37 heavy (non-hydrogen) atoms. The van der Waals surface area contributed by atoms with E-state index in [1.807, 2.05) is 0 Å². The third-order valence-electron chi connectivity index (χ3n) is 4.59. The summed E-state index contributed by atoms with van der Waals surface area (Å²) in [7, 11) is 1.20. The molecule has 2 aromatic rings. The van der Waals surface area contributed by atoms with Crippen molar-refractivity contribution in [2.75, 3.05) is 7.11 Å². The van der Waals surface area contributed by atoms with Crippen molar-refractivity contribution in [1.82, 2.24) is 20.6 Å². The van der Waals surface area contributed by atoms with Gasteiger partial charge in [-0.15, -0.1) is 0 Å². The van der Waals surface area contributed by atoms with Crippen molar-refractivity contribution in [3.05, 3.63) is 82.2 Å². The van der Waals surface area contributed by atoms with Crippen LogP contribution in [0.5, 0.6) is 0 Å². The summed E-state index contributed by atoms with van der Waals surface area (Å²) in [6, 6.07) is 4.46. The van der Waals surface area contributed by atoms with Gasteiger partial charge in [-0.05, 0) is 38.8 Å². The molecule has 0 saturated carbocycles. The lowest BCUT2D eigenvalue weighted by atomic mass is 10.2. The molecule has 2 amide bonds. The summed E-state index contributed by atoms with van der Waals surface area (Å²) in [5.74, 6) is -4.48. The van der Waals surface area contributed by atoms with Gasteiger partial charge in [0.25, 0.3) is 11.8 Å². The van der Waals surface area contributed by atoms with E-state index < -0.39 is 35.4 Å². The van der Waals surface area contributed by atoms with Crippen LogP contribution in [0.25, 0.3) is 0 Å². The molecule has 3 N–H and O–H groups in total. The van der Waals surface area contributed by atoms with Crippen molar-refractivity contribution in [3.8, 4) is 0 Å². The first-order valence-electron chi connectivity index (χ1n) is 11.1. The normalized spacial score (nSPS) is 11.1. The molecule has 0 bridgehead atoms. The Hall–Kier alpha value is -4.48. The Morgan fingerprint density at radius 3 is 1.57 bits per heavy atom. The highest BCUT2D eigenvalue weighted by Crippen LogP contribution is 2.07. The Labute approximate surface area is 212 Å². The van der Waals surface area contributed by atoms with Crippen LogP contribution in [0.2, 0.25) is 0 Å². The van der Waals surface area contributed by atoms with Crippen LogP contribution in [-0.2, 0) is 27.2 Å². The lowest BCUT2D eigenvalue weighted by Gasteiger charge is -2.08. The van der Waals surface area contributed by atoms with Gasteiger partial charge in [-0.3, -0.25) is 9.59 Å². The number of aliphatic carboxylic acids is 1. The van der Waals surface area contributed by atoms with E-state index in [2.05, 4.69) is 25.3 Å². The van der Waals surface area contributed by atoms with Crippen LogP contribution in [0.1, 0.15) is 60.1 Å². The summed E-state index contributed by atoms with van der Waals surface area (Å²) in [6.07, 6.45) is 3.61. The van der Waals surface area contributed by atoms with Gasteiger partial charge in [-0.1, -0.05) is 26.0 Å². The quantitative estimate of drug-likeness (QED) is 0.357. The van der Waals surface area contributed by atoms with Crippen LogP contribution in [0.4, 0.5) is 8.78 Å². The molecule has 0 saturated heterocycles. The molecule has 0 spiro atoms. The molecule has 198 valence electrons. The second-order valence-corrected chi connectivity index (χ2v) is 7.14. The zero-order valence-corrected chi connectivity index (χ0v) is 21.0. The average Bonchev–Trinajstić information content (AvgIpc) is 2.88. The number of aromatic nitrogens is 2. The molecule has 10 nitrogen and oxygen atoms in total. The maximum atomic E-state index is 13.3. The number of carbonyl (C=O) groups excluding carboxylic acids is 3. The molecule has 0 radical (unpaired) electrons. The number of ether oxygens (including phenoxy) is 1. The second kappa shape index (κ2) is 14.8. The minimum absolute atomic E-state index is 0.0170. The predicted molar refractivity (Wildman–Crippen MR) is 129 cm³/mol. The van der Waals surface area contributed by atoms with E-state index in [4.69, 9.17) is 5.11 Å². The molecule has 2 aromatic heterocycles. The Balaban J connectivity index is 0.000000371. The van der Waals surface area contributed by atoms with Crippen molar-refractivity contribution >= 4 is 23.8 Å². The van der Waals surface area contributed by atoms with Crippen molar-refractivity contribution in [2.24, 2.45) is 0 Å². The SMILES string of the molecule is C/C=C(/NC(=O)c1cc(F)cc(CC)n1)C(=O)O.C/C=C(/NC(=O)c1cc(F)cc(CC)n1)C(=O)OC. The Kier molecular flexibility index (Phi) is 12.2. The van der Waals surface area contributed by atoms with Crippen LogP contribution in [0, 0.1) is 11.6 Å². The largest absolute Gasteiger partial charge is 0.477 e. The second-order valence-electron chi connectivity index (χ2n) is 7.14. The van der Waals surface area contributed by atoms with Gasteiger partial charge < -0.3 is 20.5 Å². The van der Waals surface area contributed by atoms with Gasteiger partial charge >= 0.3 is 11.9 Å². The smallest absolute Gasteiger partial charge is 0.354 e. The van der Waals surface area contributed by atoms with E-state index in [0.29, 0.717) is 24.2 Å². The van der Waals surface area contributed by atoms with E-state index in [9.17, 15) is 28.0 Å². The van der Waals surface area contributed by atoms with Crippen LogP contribution in [0.3, 0.4) is 0 Å². The Morgan fingerprint density at radius 1 is 0.838 bits per heavy atom. The van der Waals surface area contributed by atoms with E-state index in [1.54, 1.807) is 20.8 Å². The van der Waals surface area contributed by atoms with Gasteiger partial charge in [0.2, 0.25) is 0 Å². The molecule has 0 atom stereocenters. The van der Waals surface area contributed by atoms with E-state index in [1.165, 1.54) is 38.3 Å². The van der Waals surface area contributed by atoms with Crippen molar-refractivity contribution in [2.45, 2.75) is 40.5 Å². The number of allylic oxidation sites excluding steroid dienone is 2. The van der Waals surface area contributed by atoms with Gasteiger partial charge in [-0.2, -0.15) is 0 Å². The molecular formula is C25H28F2N4O6. The third-order valence-corrected chi connectivity index (χ3v) is 4.59. The van der Waals surface area contributed by atoms with Crippen LogP contribution < -0.4 is 10.6 Å². The maximum absolute atomic E-state index is 13.3. The van der Waals surface area contributed by atoms with Gasteiger partial charge in [0, 0.05) is 23.5 Å². The summed E-state index contributed by atoms with van der Waals surface area (Å²) in [5, 5.41) is 13.2. The van der Waals surface area contributed by atoms with Gasteiger partial charge in [0.15, 0.2) is 0 Å². The summed E-state index contributed by atoms with van der Waals surface area (Å²) >= 11 is 0. The first-order chi connectivity index (χ1) is 17.5. The van der Waals surface area contributed by atoms with E-state index in [-0.39, 0.29) is 22.8 Å². The number of amides is 2. The fraction of sp³-hybridized carbons (Fsp3) is 0.280. The molecular weight excluding hydrogens is 490 g/mol. The molecule has 0 fully saturated rings. The van der Waals surface area contributed by atoms with Crippen LogP contribution >= 0.6 is 0 Å². The van der Waals surface area contributed by atoms with E-state index in [0.717, 1.165) is 12.1 Å². The van der Waals surface area contributed by atoms with Gasteiger partial charge in [0.05, 0.1) is 7.11 Å². The van der Waals surface area contributed by atoms with Gasteiger partial charge in [0.1, 0.15) is 34.4 Å². The number of hydrogen-bond acceptors (Lipinski definition) is 7. The third kappa shape index (κ3) is 9.59. The number of nitrogens with one attached hydrogen (secondary N) is 2. The minimum atomic E-state index is -1.27. The highest BCUT2D eigenvalue weighted by molar-refractivity contribution is 6.00. The topological polar surface area (TPSA) is 148 Å². The highest BCUT2D eigenvalue weighted by atomic mass is 19.1. The number of carboxylic acid groups (broad SMARTS) is 1.